The van der Waals surface area contributed by atoms with Gasteiger partial charge in [-0.05, 0) is 38.5 Å². The van der Waals surface area contributed by atoms with Crippen LogP contribution in [0, 0.1) is 11.3 Å². The normalized spacial score (nSPS) is 11.3. The van der Waals surface area contributed by atoms with Crippen LogP contribution in [0.15, 0.2) is 30.7 Å². The second-order valence-corrected chi connectivity index (χ2v) is 5.74. The summed E-state index contributed by atoms with van der Waals surface area (Å²) in [4.78, 5) is 8.36. The van der Waals surface area contributed by atoms with Crippen LogP contribution in [0.5, 0.6) is 0 Å². The zero-order valence-electron chi connectivity index (χ0n) is 12.1. The zero-order chi connectivity index (χ0) is 14.6. The Morgan fingerprint density at radius 1 is 1.30 bits per heavy atom. The maximum Gasteiger partial charge on any atom is 0.140 e. The number of aromatic nitrogens is 3. The van der Waals surface area contributed by atoms with Gasteiger partial charge in [-0.2, -0.15) is 5.26 Å². The Hall–Kier alpha value is -2.19. The fourth-order valence-corrected chi connectivity index (χ4v) is 1.83. The lowest BCUT2D eigenvalue weighted by atomic mass is 10.1. The first kappa shape index (κ1) is 14.2. The fraction of sp³-hybridized carbons (Fsp3) is 0.400. The maximum absolute atomic E-state index is 8.87. The molecule has 0 atom stereocenters. The Kier molecular flexibility index (Phi) is 4.16. The van der Waals surface area contributed by atoms with Crippen LogP contribution >= 0.6 is 0 Å². The summed E-state index contributed by atoms with van der Waals surface area (Å²) in [5, 5.41) is 12.3. The van der Waals surface area contributed by atoms with E-state index in [1.165, 1.54) is 0 Å². The van der Waals surface area contributed by atoms with Gasteiger partial charge in [-0.1, -0.05) is 0 Å². The maximum atomic E-state index is 8.87. The largest absolute Gasteiger partial charge is 0.329 e. The number of hydrogen-bond donors (Lipinski definition) is 1. The second kappa shape index (κ2) is 5.85. The minimum atomic E-state index is 0.0570. The van der Waals surface area contributed by atoms with Crippen molar-refractivity contribution < 1.29 is 0 Å². The molecule has 2 heterocycles. The van der Waals surface area contributed by atoms with Gasteiger partial charge >= 0.3 is 0 Å². The average molecular weight is 269 g/mol. The van der Waals surface area contributed by atoms with E-state index in [2.05, 4.69) is 46.7 Å². The standard InChI is InChI=1S/C15H19N5/c1-15(2,3)19-10-14-18-6-7-20(14)11-12-4-5-17-13(8-12)9-16/h4-8,19H,10-11H2,1-3H3. The van der Waals surface area contributed by atoms with Crippen LogP contribution in [0.1, 0.15) is 37.9 Å². The molecule has 5 nitrogen and oxygen atoms in total. The van der Waals surface area contributed by atoms with Crippen molar-refractivity contribution >= 4 is 0 Å². The van der Waals surface area contributed by atoms with Crippen LogP contribution in [0.25, 0.3) is 0 Å². The van der Waals surface area contributed by atoms with E-state index in [4.69, 9.17) is 5.26 Å². The zero-order valence-corrected chi connectivity index (χ0v) is 12.1. The molecule has 0 aliphatic carbocycles. The predicted octanol–water partition coefficient (Wildman–Crippen LogP) is 2.09. The highest BCUT2D eigenvalue weighted by atomic mass is 15.1. The summed E-state index contributed by atoms with van der Waals surface area (Å²) < 4.78 is 2.08. The lowest BCUT2D eigenvalue weighted by molar-refractivity contribution is 0.413. The monoisotopic (exact) mass is 269 g/mol. The molecule has 2 aromatic rings. The van der Waals surface area contributed by atoms with Gasteiger partial charge in [0.1, 0.15) is 17.6 Å². The molecule has 2 rings (SSSR count). The Labute approximate surface area is 119 Å². The molecule has 0 bridgehead atoms. The topological polar surface area (TPSA) is 66.5 Å². The number of imidazole rings is 1. The van der Waals surface area contributed by atoms with Gasteiger partial charge in [-0.25, -0.2) is 9.97 Å². The number of nitrogens with one attached hydrogen (secondary N) is 1. The number of rotatable bonds is 4. The van der Waals surface area contributed by atoms with Gasteiger partial charge in [-0.3, -0.25) is 0 Å². The van der Waals surface area contributed by atoms with E-state index < -0.39 is 0 Å². The minimum Gasteiger partial charge on any atom is -0.329 e. The van der Waals surface area contributed by atoms with Crippen molar-refractivity contribution in [3.8, 4) is 6.07 Å². The molecule has 0 spiro atoms. The summed E-state index contributed by atoms with van der Waals surface area (Å²) in [5.41, 5.74) is 1.55. The molecule has 0 unspecified atom stereocenters. The first-order valence-corrected chi connectivity index (χ1v) is 6.58. The molecule has 0 fully saturated rings. The van der Waals surface area contributed by atoms with Crippen molar-refractivity contribution in [2.45, 2.75) is 39.4 Å². The summed E-state index contributed by atoms with van der Waals surface area (Å²) >= 11 is 0. The van der Waals surface area contributed by atoms with Crippen molar-refractivity contribution in [3.05, 3.63) is 47.8 Å². The Balaban J connectivity index is 2.10. The molecular formula is C15H19N5. The molecule has 2 aromatic heterocycles. The van der Waals surface area contributed by atoms with E-state index in [9.17, 15) is 0 Å². The molecule has 0 radical (unpaired) electrons. The summed E-state index contributed by atoms with van der Waals surface area (Å²) in [5.74, 6) is 0.982. The SMILES string of the molecule is CC(C)(C)NCc1nccn1Cc1ccnc(C#N)c1. The molecule has 104 valence electrons. The van der Waals surface area contributed by atoms with Crippen LogP contribution in [0.4, 0.5) is 0 Å². The number of hydrogen-bond acceptors (Lipinski definition) is 4. The van der Waals surface area contributed by atoms with Crippen molar-refractivity contribution in [1.82, 2.24) is 19.9 Å². The predicted molar refractivity (Wildman–Crippen MR) is 76.9 cm³/mol. The van der Waals surface area contributed by atoms with E-state index in [-0.39, 0.29) is 5.54 Å². The van der Waals surface area contributed by atoms with E-state index in [0.29, 0.717) is 18.8 Å². The van der Waals surface area contributed by atoms with Gasteiger partial charge in [0.25, 0.3) is 0 Å². The first-order chi connectivity index (χ1) is 9.48. The second-order valence-electron chi connectivity index (χ2n) is 5.74. The molecule has 0 aliphatic rings. The Bertz CT molecular complexity index is 616. The van der Waals surface area contributed by atoms with E-state index in [0.717, 1.165) is 11.4 Å². The van der Waals surface area contributed by atoms with E-state index in [1.54, 1.807) is 18.5 Å². The van der Waals surface area contributed by atoms with Gasteiger partial charge < -0.3 is 9.88 Å². The molecule has 1 N–H and O–H groups in total. The minimum absolute atomic E-state index is 0.0570. The molecule has 5 heteroatoms. The summed E-state index contributed by atoms with van der Waals surface area (Å²) in [6, 6.07) is 5.78. The lowest BCUT2D eigenvalue weighted by Gasteiger charge is -2.20. The quantitative estimate of drug-likeness (QED) is 0.923. The summed E-state index contributed by atoms with van der Waals surface area (Å²) in [6.45, 7) is 7.79. The first-order valence-electron chi connectivity index (χ1n) is 6.58. The van der Waals surface area contributed by atoms with Gasteiger partial charge in [0.05, 0.1) is 6.54 Å². The average Bonchev–Trinajstić information content (AvgIpc) is 2.83. The van der Waals surface area contributed by atoms with Crippen LogP contribution in [0.2, 0.25) is 0 Å². The number of nitriles is 1. The number of nitrogens with zero attached hydrogens (tertiary/aromatic N) is 4. The third-order valence-corrected chi connectivity index (χ3v) is 2.87. The molecule has 0 amide bonds. The molecule has 0 aromatic carbocycles. The smallest absolute Gasteiger partial charge is 0.140 e. The van der Waals surface area contributed by atoms with Gasteiger partial charge in [0, 0.05) is 30.7 Å². The van der Waals surface area contributed by atoms with Crippen molar-refractivity contribution in [3.63, 3.8) is 0 Å². The summed E-state index contributed by atoms with van der Waals surface area (Å²) in [7, 11) is 0. The lowest BCUT2D eigenvalue weighted by Crippen LogP contribution is -2.36. The number of pyridine rings is 1. The molecule has 20 heavy (non-hydrogen) atoms. The fourth-order valence-electron chi connectivity index (χ4n) is 1.83. The van der Waals surface area contributed by atoms with E-state index in [1.807, 2.05) is 12.3 Å². The Morgan fingerprint density at radius 2 is 2.10 bits per heavy atom. The van der Waals surface area contributed by atoms with Crippen LogP contribution in [0.3, 0.4) is 0 Å². The molecule has 0 saturated carbocycles. The van der Waals surface area contributed by atoms with Crippen molar-refractivity contribution in [2.75, 3.05) is 0 Å². The third kappa shape index (κ3) is 3.90. The third-order valence-electron chi connectivity index (χ3n) is 2.87. The Morgan fingerprint density at radius 3 is 2.80 bits per heavy atom. The van der Waals surface area contributed by atoms with Crippen molar-refractivity contribution in [1.29, 1.82) is 5.26 Å². The van der Waals surface area contributed by atoms with Gasteiger partial charge in [0.15, 0.2) is 0 Å². The van der Waals surface area contributed by atoms with Crippen LogP contribution in [-0.4, -0.2) is 20.1 Å². The van der Waals surface area contributed by atoms with E-state index >= 15 is 0 Å². The highest BCUT2D eigenvalue weighted by Gasteiger charge is 2.11. The van der Waals surface area contributed by atoms with Crippen molar-refractivity contribution in [2.24, 2.45) is 0 Å². The molecule has 0 saturated heterocycles. The molecular weight excluding hydrogens is 250 g/mol. The van der Waals surface area contributed by atoms with Gasteiger partial charge in [0.2, 0.25) is 0 Å². The highest BCUT2D eigenvalue weighted by molar-refractivity contribution is 5.25. The van der Waals surface area contributed by atoms with Crippen LogP contribution < -0.4 is 5.32 Å². The molecule has 0 aliphatic heterocycles. The summed E-state index contributed by atoms with van der Waals surface area (Å²) in [6.07, 6.45) is 5.41. The van der Waals surface area contributed by atoms with Gasteiger partial charge in [-0.15, -0.1) is 0 Å². The van der Waals surface area contributed by atoms with Crippen LogP contribution in [-0.2, 0) is 13.1 Å². The highest BCUT2D eigenvalue weighted by Crippen LogP contribution is 2.08.